The van der Waals surface area contributed by atoms with Gasteiger partial charge >= 0.3 is 0 Å². The minimum Gasteiger partial charge on any atom is -0.503 e. The molecule has 3 heterocycles. The summed E-state index contributed by atoms with van der Waals surface area (Å²) in [5, 5.41) is 16.7. The zero-order valence-corrected chi connectivity index (χ0v) is 20.1. The predicted octanol–water partition coefficient (Wildman–Crippen LogP) is 3.01. The first-order chi connectivity index (χ1) is 17.8. The van der Waals surface area contributed by atoms with E-state index in [9.17, 15) is 28.3 Å². The van der Waals surface area contributed by atoms with Gasteiger partial charge in [0.2, 0.25) is 5.43 Å². The van der Waals surface area contributed by atoms with Crippen molar-refractivity contribution in [2.24, 2.45) is 0 Å². The number of hydrogen-bond acceptors (Lipinski definition) is 5. The lowest BCUT2D eigenvalue weighted by Gasteiger charge is -2.33. The van der Waals surface area contributed by atoms with Gasteiger partial charge in [-0.15, -0.1) is 0 Å². The highest BCUT2D eigenvalue weighted by molar-refractivity contribution is 6.00. The van der Waals surface area contributed by atoms with Crippen molar-refractivity contribution >= 4 is 11.8 Å². The number of nitrogens with one attached hydrogen (secondary N) is 2. The van der Waals surface area contributed by atoms with E-state index in [2.05, 4.69) is 10.6 Å². The van der Waals surface area contributed by atoms with Crippen molar-refractivity contribution in [1.82, 2.24) is 20.1 Å². The Bertz CT molecular complexity index is 1440. The number of carbonyl (C=O) groups is 2. The average Bonchev–Trinajstić information content (AvgIpc) is 3.24. The van der Waals surface area contributed by atoms with Gasteiger partial charge in [-0.05, 0) is 25.0 Å². The van der Waals surface area contributed by atoms with E-state index < -0.39 is 40.7 Å². The zero-order chi connectivity index (χ0) is 26.3. The highest BCUT2D eigenvalue weighted by atomic mass is 19.1. The maximum absolute atomic E-state index is 14.1. The molecule has 0 radical (unpaired) electrons. The maximum atomic E-state index is 14.1. The number of aromatic hydroxyl groups is 1. The van der Waals surface area contributed by atoms with Crippen LogP contribution in [0, 0.1) is 11.6 Å². The lowest BCUT2D eigenvalue weighted by Crippen LogP contribution is -2.44. The number of halogens is 2. The van der Waals surface area contributed by atoms with E-state index in [-0.39, 0.29) is 29.4 Å². The molecule has 37 heavy (non-hydrogen) atoms. The Kier molecular flexibility index (Phi) is 6.51. The molecule has 5 rings (SSSR count). The molecule has 3 N–H and O–H groups in total. The molecule has 0 saturated heterocycles. The summed E-state index contributed by atoms with van der Waals surface area (Å²) in [7, 11) is 0. The first-order valence-electron chi connectivity index (χ1n) is 12.1. The number of aromatic nitrogens is 1. The Morgan fingerprint density at radius 2 is 1.86 bits per heavy atom. The van der Waals surface area contributed by atoms with Gasteiger partial charge in [-0.2, -0.15) is 0 Å². The summed E-state index contributed by atoms with van der Waals surface area (Å²) in [6.07, 6.45) is 0.499. The van der Waals surface area contributed by atoms with Crippen molar-refractivity contribution in [3.63, 3.8) is 0 Å². The Balaban J connectivity index is 1.55. The van der Waals surface area contributed by atoms with Gasteiger partial charge in [0.1, 0.15) is 17.2 Å². The van der Waals surface area contributed by atoms with E-state index in [1.807, 2.05) is 37.3 Å². The van der Waals surface area contributed by atoms with Crippen LogP contribution in [0.25, 0.3) is 0 Å². The van der Waals surface area contributed by atoms with Crippen molar-refractivity contribution in [2.75, 3.05) is 13.1 Å². The second-order valence-electron chi connectivity index (χ2n) is 9.23. The number of pyridine rings is 1. The molecule has 2 aliphatic rings. The van der Waals surface area contributed by atoms with Gasteiger partial charge in [0.05, 0.1) is 17.8 Å². The molecule has 0 spiro atoms. The zero-order valence-electron chi connectivity index (χ0n) is 20.1. The van der Waals surface area contributed by atoms with Gasteiger partial charge in [0.15, 0.2) is 11.4 Å². The highest BCUT2D eigenvalue weighted by Crippen LogP contribution is 2.42. The molecule has 2 atom stereocenters. The van der Waals surface area contributed by atoms with Crippen LogP contribution in [-0.4, -0.2) is 39.5 Å². The largest absolute Gasteiger partial charge is 0.503 e. The molecular formula is C27H26F2N4O4. The van der Waals surface area contributed by atoms with Crippen molar-refractivity contribution in [3.05, 3.63) is 98.5 Å². The number of benzene rings is 2. The van der Waals surface area contributed by atoms with Gasteiger partial charge in [-0.3, -0.25) is 14.4 Å². The minimum atomic E-state index is -0.961. The molecule has 1 aromatic heterocycles. The standard InChI is InChI=1S/C27H26F2N4O4/c1-2-32-14-18-11-20(30-12-15-6-4-3-5-7-15)22-21(24(34)25(35)23(27(32)37)33(18)22)26(36)31-13-16-8-9-17(28)10-19(16)29/h3-10,18,20,30,35H,2,11-14H2,1H3,(H,31,36)/t18-,20-/m1/s1. The Hall–Kier alpha value is -4.05. The van der Waals surface area contributed by atoms with Crippen LogP contribution in [0.2, 0.25) is 0 Å². The molecule has 2 amide bonds. The molecule has 2 aromatic carbocycles. The molecule has 3 aromatic rings. The molecular weight excluding hydrogens is 482 g/mol. The summed E-state index contributed by atoms with van der Waals surface area (Å²) >= 11 is 0. The Labute approximate surface area is 211 Å². The average molecular weight is 509 g/mol. The molecule has 0 aliphatic carbocycles. The second-order valence-corrected chi connectivity index (χ2v) is 9.23. The number of hydrogen-bond donors (Lipinski definition) is 3. The lowest BCUT2D eigenvalue weighted by molar-refractivity contribution is 0.0675. The number of nitrogens with zero attached hydrogens (tertiary/aromatic N) is 2. The van der Waals surface area contributed by atoms with Crippen LogP contribution in [0.1, 0.15) is 63.1 Å². The van der Waals surface area contributed by atoms with E-state index in [0.717, 1.165) is 11.6 Å². The van der Waals surface area contributed by atoms with E-state index >= 15 is 0 Å². The quantitative estimate of drug-likeness (QED) is 0.455. The fourth-order valence-electron chi connectivity index (χ4n) is 5.19. The van der Waals surface area contributed by atoms with Gasteiger partial charge in [-0.25, -0.2) is 8.78 Å². The van der Waals surface area contributed by atoms with Crippen LogP contribution in [0.15, 0.2) is 53.3 Å². The summed E-state index contributed by atoms with van der Waals surface area (Å²) in [5.41, 5.74) is -0.0221. The number of carbonyl (C=O) groups excluding carboxylic acids is 2. The smallest absolute Gasteiger partial charge is 0.274 e. The third-order valence-corrected chi connectivity index (χ3v) is 7.01. The van der Waals surface area contributed by atoms with Crippen LogP contribution in [0.5, 0.6) is 5.75 Å². The second kappa shape index (κ2) is 9.78. The third kappa shape index (κ3) is 4.37. The molecule has 8 nitrogen and oxygen atoms in total. The third-order valence-electron chi connectivity index (χ3n) is 7.01. The fraction of sp³-hybridized carbons (Fsp3) is 0.296. The monoisotopic (exact) mass is 508 g/mol. The normalized spacial score (nSPS) is 18.1. The summed E-state index contributed by atoms with van der Waals surface area (Å²) in [6, 6.07) is 11.9. The summed E-state index contributed by atoms with van der Waals surface area (Å²) in [4.78, 5) is 41.3. The van der Waals surface area contributed by atoms with Crippen LogP contribution in [0.4, 0.5) is 8.78 Å². The van der Waals surface area contributed by atoms with Crippen molar-refractivity contribution in [1.29, 1.82) is 0 Å². The number of likely N-dealkylation sites (N-methyl/N-ethyl adjacent to an activating group) is 1. The van der Waals surface area contributed by atoms with Crippen molar-refractivity contribution in [3.8, 4) is 5.75 Å². The summed E-state index contributed by atoms with van der Waals surface area (Å²) in [6.45, 7) is 2.77. The van der Waals surface area contributed by atoms with E-state index in [1.165, 1.54) is 6.07 Å². The van der Waals surface area contributed by atoms with Gasteiger partial charge in [-0.1, -0.05) is 36.4 Å². The van der Waals surface area contributed by atoms with Crippen LogP contribution >= 0.6 is 0 Å². The first kappa shape index (κ1) is 24.6. The molecule has 0 saturated carbocycles. The highest BCUT2D eigenvalue weighted by Gasteiger charge is 2.44. The SMILES string of the molecule is CCN1C[C@H]2C[C@@H](NCc3ccccc3)c3c(C(=O)NCc4ccc(F)cc4F)c(=O)c(O)c(n32)C1=O. The number of amides is 2. The predicted molar refractivity (Wildman–Crippen MR) is 131 cm³/mol. The molecule has 0 unspecified atom stereocenters. The molecule has 192 valence electrons. The van der Waals surface area contributed by atoms with Crippen molar-refractivity contribution in [2.45, 2.75) is 38.5 Å². The van der Waals surface area contributed by atoms with Crippen LogP contribution in [0.3, 0.4) is 0 Å². The van der Waals surface area contributed by atoms with Gasteiger partial charge in [0, 0.05) is 37.8 Å². The van der Waals surface area contributed by atoms with Crippen LogP contribution < -0.4 is 16.1 Å². The fourth-order valence-corrected chi connectivity index (χ4v) is 5.19. The Morgan fingerprint density at radius 1 is 1.11 bits per heavy atom. The van der Waals surface area contributed by atoms with E-state index in [1.54, 1.807) is 9.47 Å². The van der Waals surface area contributed by atoms with E-state index in [4.69, 9.17) is 0 Å². The lowest BCUT2D eigenvalue weighted by atomic mass is 10.0. The van der Waals surface area contributed by atoms with Crippen molar-refractivity contribution < 1.29 is 23.5 Å². The molecule has 2 aliphatic heterocycles. The first-order valence-corrected chi connectivity index (χ1v) is 12.1. The summed E-state index contributed by atoms with van der Waals surface area (Å²) in [5.74, 6) is -3.64. The van der Waals surface area contributed by atoms with E-state index in [0.29, 0.717) is 37.8 Å². The van der Waals surface area contributed by atoms with Gasteiger partial charge in [0.25, 0.3) is 11.8 Å². The molecule has 0 fully saturated rings. The number of rotatable bonds is 7. The minimum absolute atomic E-state index is 0.0406. The summed E-state index contributed by atoms with van der Waals surface area (Å²) < 4.78 is 29.0. The van der Waals surface area contributed by atoms with Gasteiger partial charge < -0.3 is 25.2 Å². The molecule has 0 bridgehead atoms. The topological polar surface area (TPSA) is 104 Å². The maximum Gasteiger partial charge on any atom is 0.274 e. The van der Waals surface area contributed by atoms with Crippen LogP contribution in [-0.2, 0) is 13.1 Å². The Morgan fingerprint density at radius 3 is 2.57 bits per heavy atom. The molecule has 10 heteroatoms.